The van der Waals surface area contributed by atoms with Gasteiger partial charge in [0.25, 0.3) is 5.91 Å². The van der Waals surface area contributed by atoms with Gasteiger partial charge in [0.1, 0.15) is 5.82 Å². The molecule has 0 aromatic carbocycles. The number of halogens is 2. The van der Waals surface area contributed by atoms with Crippen LogP contribution in [-0.4, -0.2) is 52.1 Å². The average Bonchev–Trinajstić information content (AvgIpc) is 3.24. The smallest absolute Gasteiger partial charge is 0.273 e. The largest absolute Gasteiger partial charge is 0.357 e. The molecule has 2 aromatic heterocycles. The number of pyridine rings is 1. The number of aromatic nitrogens is 4. The minimum absolute atomic E-state index is 0. The first-order valence-corrected chi connectivity index (χ1v) is 9.90. The van der Waals surface area contributed by atoms with E-state index in [9.17, 15) is 4.79 Å². The lowest BCUT2D eigenvalue weighted by molar-refractivity contribution is 0.0946. The minimum Gasteiger partial charge on any atom is -0.357 e. The summed E-state index contributed by atoms with van der Waals surface area (Å²) in [7, 11) is 0. The van der Waals surface area contributed by atoms with Crippen LogP contribution >= 0.6 is 24.8 Å². The van der Waals surface area contributed by atoms with Crippen LogP contribution in [0, 0.1) is 0 Å². The topological polar surface area (TPSA) is 88.0 Å². The molecule has 10 heteroatoms. The molecule has 0 radical (unpaired) electrons. The number of hydrogen-bond donors (Lipinski definition) is 2. The van der Waals surface area contributed by atoms with E-state index in [0.29, 0.717) is 18.3 Å². The van der Waals surface area contributed by atoms with E-state index in [1.54, 1.807) is 6.20 Å². The van der Waals surface area contributed by atoms with E-state index in [2.05, 4.69) is 36.9 Å². The van der Waals surface area contributed by atoms with Crippen LogP contribution in [0.3, 0.4) is 0 Å². The van der Waals surface area contributed by atoms with Crippen LogP contribution in [0.2, 0.25) is 0 Å². The molecule has 2 N–H and O–H groups in total. The van der Waals surface area contributed by atoms with E-state index in [0.717, 1.165) is 50.4 Å². The van der Waals surface area contributed by atoms with Gasteiger partial charge in [0, 0.05) is 25.8 Å². The van der Waals surface area contributed by atoms with Gasteiger partial charge in [-0.3, -0.25) is 4.79 Å². The number of nitrogens with zero attached hydrogens (tertiary/aromatic N) is 5. The molecule has 0 saturated carbocycles. The van der Waals surface area contributed by atoms with E-state index in [4.69, 9.17) is 0 Å². The predicted octanol–water partition coefficient (Wildman–Crippen LogP) is 2.36. The Labute approximate surface area is 183 Å². The van der Waals surface area contributed by atoms with Crippen LogP contribution in [0.5, 0.6) is 0 Å². The molecular weight excluding hydrogens is 413 g/mol. The van der Waals surface area contributed by atoms with Gasteiger partial charge in [0.2, 0.25) is 0 Å². The summed E-state index contributed by atoms with van der Waals surface area (Å²) in [5.74, 6) is 0.810. The van der Waals surface area contributed by atoms with Crippen LogP contribution in [0.25, 0.3) is 0 Å². The maximum Gasteiger partial charge on any atom is 0.273 e. The SMILES string of the molecule is Cl.Cl.O=C(NCc1ccnc(N2CCCCC2)c1)c1cn(C2CCNCC2)nn1. The highest BCUT2D eigenvalue weighted by atomic mass is 35.5. The lowest BCUT2D eigenvalue weighted by atomic mass is 10.1. The third-order valence-corrected chi connectivity index (χ3v) is 5.37. The van der Waals surface area contributed by atoms with Gasteiger partial charge in [-0.1, -0.05) is 5.21 Å². The zero-order valence-electron chi connectivity index (χ0n) is 16.4. The summed E-state index contributed by atoms with van der Waals surface area (Å²) in [5.41, 5.74) is 1.42. The Morgan fingerprint density at radius 1 is 1.17 bits per heavy atom. The number of rotatable bonds is 5. The number of anilines is 1. The molecule has 2 aromatic rings. The first-order valence-electron chi connectivity index (χ1n) is 9.90. The van der Waals surface area contributed by atoms with Crippen molar-refractivity contribution >= 4 is 36.5 Å². The van der Waals surface area contributed by atoms with Gasteiger partial charge in [0.15, 0.2) is 5.69 Å². The predicted molar refractivity (Wildman–Crippen MR) is 117 cm³/mol. The number of amides is 1. The minimum atomic E-state index is -0.188. The van der Waals surface area contributed by atoms with Crippen molar-refractivity contribution in [1.29, 1.82) is 0 Å². The van der Waals surface area contributed by atoms with Crippen molar-refractivity contribution in [2.75, 3.05) is 31.1 Å². The molecule has 8 nitrogen and oxygen atoms in total. The molecule has 2 aliphatic heterocycles. The Hall–Kier alpha value is -1.90. The Kier molecular flexibility index (Phi) is 9.13. The molecule has 160 valence electrons. The molecule has 4 heterocycles. The molecule has 0 bridgehead atoms. The van der Waals surface area contributed by atoms with Crippen molar-refractivity contribution in [3.05, 3.63) is 35.8 Å². The second-order valence-electron chi connectivity index (χ2n) is 7.32. The quantitative estimate of drug-likeness (QED) is 0.740. The van der Waals surface area contributed by atoms with Gasteiger partial charge in [-0.15, -0.1) is 29.9 Å². The maximum atomic E-state index is 12.4. The highest BCUT2D eigenvalue weighted by Gasteiger charge is 2.19. The lowest BCUT2D eigenvalue weighted by Crippen LogP contribution is -2.30. The van der Waals surface area contributed by atoms with Gasteiger partial charge in [-0.2, -0.15) is 0 Å². The Morgan fingerprint density at radius 3 is 2.69 bits per heavy atom. The molecule has 2 aliphatic rings. The summed E-state index contributed by atoms with van der Waals surface area (Å²) in [6.45, 7) is 4.54. The van der Waals surface area contributed by atoms with Crippen LogP contribution in [0.4, 0.5) is 5.82 Å². The first kappa shape index (κ1) is 23.4. The monoisotopic (exact) mass is 441 g/mol. The summed E-state index contributed by atoms with van der Waals surface area (Å²) in [5, 5.41) is 14.5. The zero-order chi connectivity index (χ0) is 18.5. The standard InChI is InChI=1S/C19H27N7O.2ClH/c27-19(17-14-26(24-23-17)16-5-7-20-8-6-16)22-13-15-4-9-21-18(12-15)25-10-2-1-3-11-25;;/h4,9,12,14,16,20H,1-3,5-8,10-11,13H2,(H,22,27);2*1H. The van der Waals surface area contributed by atoms with Crippen molar-refractivity contribution in [2.45, 2.75) is 44.7 Å². The fourth-order valence-electron chi connectivity index (χ4n) is 3.77. The Bertz CT molecular complexity index is 773. The summed E-state index contributed by atoms with van der Waals surface area (Å²) in [4.78, 5) is 19.2. The average molecular weight is 442 g/mol. The van der Waals surface area contributed by atoms with E-state index in [1.165, 1.54) is 19.3 Å². The zero-order valence-corrected chi connectivity index (χ0v) is 18.1. The van der Waals surface area contributed by atoms with Crippen LogP contribution in [0.1, 0.15) is 54.2 Å². The number of carbonyl (C=O) groups excluding carboxylic acids is 1. The van der Waals surface area contributed by atoms with Gasteiger partial charge in [-0.05, 0) is 62.9 Å². The molecule has 4 rings (SSSR count). The summed E-state index contributed by atoms with van der Waals surface area (Å²) >= 11 is 0. The van der Waals surface area contributed by atoms with E-state index < -0.39 is 0 Å². The van der Waals surface area contributed by atoms with Crippen molar-refractivity contribution < 1.29 is 4.79 Å². The summed E-state index contributed by atoms with van der Waals surface area (Å²) < 4.78 is 1.83. The Morgan fingerprint density at radius 2 is 1.93 bits per heavy atom. The number of piperidine rings is 2. The van der Waals surface area contributed by atoms with Gasteiger partial charge in [0.05, 0.1) is 12.2 Å². The van der Waals surface area contributed by atoms with Crippen molar-refractivity contribution in [3.63, 3.8) is 0 Å². The summed E-state index contributed by atoms with van der Waals surface area (Å²) in [6, 6.07) is 4.34. The third kappa shape index (κ3) is 6.04. The third-order valence-electron chi connectivity index (χ3n) is 5.37. The van der Waals surface area contributed by atoms with Crippen molar-refractivity contribution in [1.82, 2.24) is 30.6 Å². The normalized spacial score (nSPS) is 17.2. The van der Waals surface area contributed by atoms with Crippen LogP contribution in [0.15, 0.2) is 24.5 Å². The molecule has 0 aliphatic carbocycles. The number of nitrogens with one attached hydrogen (secondary N) is 2. The Balaban J connectivity index is 0.00000150. The van der Waals surface area contributed by atoms with Gasteiger partial charge in [-0.25, -0.2) is 9.67 Å². The number of hydrogen-bond acceptors (Lipinski definition) is 6. The molecule has 2 fully saturated rings. The fraction of sp³-hybridized carbons (Fsp3) is 0.579. The van der Waals surface area contributed by atoms with Gasteiger partial charge >= 0.3 is 0 Å². The van der Waals surface area contributed by atoms with Crippen molar-refractivity contribution in [3.8, 4) is 0 Å². The molecule has 29 heavy (non-hydrogen) atoms. The van der Waals surface area contributed by atoms with Crippen molar-refractivity contribution in [2.24, 2.45) is 0 Å². The molecule has 0 unspecified atom stereocenters. The first-order chi connectivity index (χ1) is 13.3. The molecular formula is C19H29Cl2N7O. The molecule has 0 spiro atoms. The van der Waals surface area contributed by atoms with E-state index in [1.807, 2.05) is 16.9 Å². The fourth-order valence-corrected chi connectivity index (χ4v) is 3.77. The molecule has 0 atom stereocenters. The van der Waals surface area contributed by atoms with Crippen LogP contribution < -0.4 is 15.5 Å². The highest BCUT2D eigenvalue weighted by Crippen LogP contribution is 2.19. The second kappa shape index (κ2) is 11.3. The van der Waals surface area contributed by atoms with Crippen LogP contribution in [-0.2, 0) is 6.54 Å². The van der Waals surface area contributed by atoms with E-state index >= 15 is 0 Å². The molecule has 1 amide bonds. The highest BCUT2D eigenvalue weighted by molar-refractivity contribution is 5.91. The number of carbonyl (C=O) groups is 1. The lowest BCUT2D eigenvalue weighted by Gasteiger charge is -2.27. The molecule has 2 saturated heterocycles. The maximum absolute atomic E-state index is 12.4. The second-order valence-corrected chi connectivity index (χ2v) is 7.32. The van der Waals surface area contributed by atoms with Gasteiger partial charge < -0.3 is 15.5 Å². The van der Waals surface area contributed by atoms with E-state index in [-0.39, 0.29) is 30.7 Å². The summed E-state index contributed by atoms with van der Waals surface area (Å²) in [6.07, 6.45) is 9.34.